The van der Waals surface area contributed by atoms with Crippen LogP contribution in [0.1, 0.15) is 33.1 Å². The summed E-state index contributed by atoms with van der Waals surface area (Å²) in [5.74, 6) is 5.97. The maximum Gasteiger partial charge on any atom is 0.0840 e. The smallest absolute Gasteiger partial charge is 0.0840 e. The van der Waals surface area contributed by atoms with Crippen LogP contribution in [-0.4, -0.2) is 5.60 Å². The molecule has 54 valence electrons. The average Bonchev–Trinajstić information content (AvgIpc) is 2.50. The molecule has 1 saturated carbocycles. The molecule has 0 aliphatic heterocycles. The van der Waals surface area contributed by atoms with Gasteiger partial charge in [0.05, 0.1) is 5.60 Å². The summed E-state index contributed by atoms with van der Waals surface area (Å²) < 4.78 is 0. The van der Waals surface area contributed by atoms with E-state index in [1.807, 2.05) is 13.8 Å². The fourth-order valence-corrected chi connectivity index (χ4v) is 1.07. The van der Waals surface area contributed by atoms with E-state index in [0.717, 1.165) is 12.3 Å². The fourth-order valence-electron chi connectivity index (χ4n) is 1.07. The Balaban J connectivity index is 2.21. The van der Waals surface area contributed by atoms with E-state index in [9.17, 15) is 0 Å². The van der Waals surface area contributed by atoms with Crippen LogP contribution in [0.25, 0.3) is 0 Å². The summed E-state index contributed by atoms with van der Waals surface area (Å²) in [6, 6.07) is 0. The molecule has 0 atom stereocenters. The lowest BCUT2D eigenvalue weighted by Gasteiger charge is -2.20. The van der Waals surface area contributed by atoms with Crippen molar-refractivity contribution in [1.82, 2.24) is 0 Å². The summed E-state index contributed by atoms with van der Waals surface area (Å²) in [6.45, 7) is 4.07. The third-order valence-electron chi connectivity index (χ3n) is 1.80. The lowest BCUT2D eigenvalue weighted by atomic mass is 10.0. The van der Waals surface area contributed by atoms with Gasteiger partial charge in [-0.2, -0.15) is 0 Å². The van der Waals surface area contributed by atoms with Gasteiger partial charge in [-0.3, -0.25) is 4.84 Å². The lowest BCUT2D eigenvalue weighted by Crippen LogP contribution is -2.28. The Morgan fingerprint density at radius 1 is 1.56 bits per heavy atom. The SMILES string of the molecule is CC(C)(CC1CC1)ON. The largest absolute Gasteiger partial charge is 0.299 e. The summed E-state index contributed by atoms with van der Waals surface area (Å²) in [4.78, 5) is 4.79. The van der Waals surface area contributed by atoms with Crippen molar-refractivity contribution in [1.29, 1.82) is 0 Å². The van der Waals surface area contributed by atoms with Crippen LogP contribution in [0.2, 0.25) is 0 Å². The van der Waals surface area contributed by atoms with Gasteiger partial charge in [0, 0.05) is 0 Å². The molecule has 0 heterocycles. The Kier molecular flexibility index (Phi) is 1.78. The normalized spacial score (nSPS) is 20.3. The summed E-state index contributed by atoms with van der Waals surface area (Å²) in [7, 11) is 0. The molecule has 1 aliphatic carbocycles. The van der Waals surface area contributed by atoms with Crippen molar-refractivity contribution in [2.75, 3.05) is 0 Å². The molecular formula is C7H15NO. The van der Waals surface area contributed by atoms with Crippen LogP contribution in [0.4, 0.5) is 0 Å². The summed E-state index contributed by atoms with van der Waals surface area (Å²) in [6.07, 6.45) is 3.85. The second kappa shape index (κ2) is 2.27. The molecule has 1 rings (SSSR count). The summed E-state index contributed by atoms with van der Waals surface area (Å²) >= 11 is 0. The van der Waals surface area contributed by atoms with Gasteiger partial charge in [-0.25, -0.2) is 5.90 Å². The van der Waals surface area contributed by atoms with Gasteiger partial charge in [0.25, 0.3) is 0 Å². The maximum absolute atomic E-state index is 5.08. The molecule has 0 aromatic heterocycles. The van der Waals surface area contributed by atoms with E-state index < -0.39 is 0 Å². The van der Waals surface area contributed by atoms with Gasteiger partial charge in [-0.15, -0.1) is 0 Å². The van der Waals surface area contributed by atoms with E-state index >= 15 is 0 Å². The molecule has 1 fully saturated rings. The number of nitrogens with two attached hydrogens (primary N) is 1. The minimum absolute atomic E-state index is 0.0961. The third-order valence-corrected chi connectivity index (χ3v) is 1.80. The first-order valence-electron chi connectivity index (χ1n) is 3.52. The highest BCUT2D eigenvalue weighted by atomic mass is 16.6. The molecule has 0 saturated heterocycles. The fraction of sp³-hybridized carbons (Fsp3) is 1.00. The molecule has 0 bridgehead atoms. The van der Waals surface area contributed by atoms with Crippen molar-refractivity contribution >= 4 is 0 Å². The van der Waals surface area contributed by atoms with Crippen LogP contribution in [-0.2, 0) is 4.84 Å². The monoisotopic (exact) mass is 129 g/mol. The van der Waals surface area contributed by atoms with E-state index in [2.05, 4.69) is 0 Å². The van der Waals surface area contributed by atoms with Crippen molar-refractivity contribution in [2.24, 2.45) is 11.8 Å². The van der Waals surface area contributed by atoms with Gasteiger partial charge in [0.15, 0.2) is 0 Å². The highest BCUT2D eigenvalue weighted by molar-refractivity contribution is 4.81. The van der Waals surface area contributed by atoms with Crippen LogP contribution in [0.15, 0.2) is 0 Å². The molecule has 1 aliphatic rings. The zero-order chi connectivity index (χ0) is 6.91. The van der Waals surface area contributed by atoms with Crippen LogP contribution < -0.4 is 5.90 Å². The second-order valence-electron chi connectivity index (χ2n) is 3.53. The molecule has 2 heteroatoms. The van der Waals surface area contributed by atoms with E-state index in [4.69, 9.17) is 10.7 Å². The molecule has 0 amide bonds. The van der Waals surface area contributed by atoms with Gasteiger partial charge in [0.1, 0.15) is 0 Å². The highest BCUT2D eigenvalue weighted by Crippen LogP contribution is 2.37. The topological polar surface area (TPSA) is 35.2 Å². The Bertz CT molecular complexity index is 97.1. The first-order chi connectivity index (χ1) is 4.14. The van der Waals surface area contributed by atoms with Gasteiger partial charge in [-0.1, -0.05) is 12.8 Å². The Morgan fingerprint density at radius 3 is 2.44 bits per heavy atom. The Hall–Kier alpha value is -0.0800. The lowest BCUT2D eigenvalue weighted by molar-refractivity contribution is -0.0291. The van der Waals surface area contributed by atoms with Crippen molar-refractivity contribution in [3.8, 4) is 0 Å². The van der Waals surface area contributed by atoms with Crippen LogP contribution >= 0.6 is 0 Å². The van der Waals surface area contributed by atoms with Crippen molar-refractivity contribution in [2.45, 2.75) is 38.7 Å². The van der Waals surface area contributed by atoms with Crippen molar-refractivity contribution in [3.05, 3.63) is 0 Å². The van der Waals surface area contributed by atoms with E-state index in [1.54, 1.807) is 0 Å². The molecule has 2 nitrogen and oxygen atoms in total. The average molecular weight is 129 g/mol. The minimum Gasteiger partial charge on any atom is -0.299 e. The minimum atomic E-state index is -0.0961. The molecular weight excluding hydrogens is 114 g/mol. The highest BCUT2D eigenvalue weighted by Gasteiger charge is 2.30. The van der Waals surface area contributed by atoms with Gasteiger partial charge in [-0.05, 0) is 26.2 Å². The molecule has 0 spiro atoms. The predicted octanol–water partition coefficient (Wildman–Crippen LogP) is 1.46. The molecule has 2 N–H and O–H groups in total. The maximum atomic E-state index is 5.08. The van der Waals surface area contributed by atoms with Gasteiger partial charge < -0.3 is 0 Å². The van der Waals surface area contributed by atoms with Crippen molar-refractivity contribution < 1.29 is 4.84 Å². The van der Waals surface area contributed by atoms with Crippen LogP contribution in [0, 0.1) is 5.92 Å². The Labute approximate surface area is 56.3 Å². The zero-order valence-corrected chi connectivity index (χ0v) is 6.18. The molecule has 0 radical (unpaired) electrons. The summed E-state index contributed by atoms with van der Waals surface area (Å²) in [5.41, 5.74) is -0.0961. The number of hydrogen-bond donors (Lipinski definition) is 1. The standard InChI is InChI=1S/C7H15NO/c1-7(2,9-8)5-6-3-4-6/h6H,3-5,8H2,1-2H3. The number of hydrogen-bond acceptors (Lipinski definition) is 2. The number of rotatable bonds is 3. The zero-order valence-electron chi connectivity index (χ0n) is 6.18. The second-order valence-corrected chi connectivity index (χ2v) is 3.53. The Morgan fingerprint density at radius 2 is 2.11 bits per heavy atom. The first kappa shape index (κ1) is 7.03. The van der Waals surface area contributed by atoms with E-state index in [0.29, 0.717) is 0 Å². The van der Waals surface area contributed by atoms with Crippen LogP contribution in [0.3, 0.4) is 0 Å². The first-order valence-corrected chi connectivity index (χ1v) is 3.52. The molecule has 9 heavy (non-hydrogen) atoms. The van der Waals surface area contributed by atoms with Gasteiger partial charge >= 0.3 is 0 Å². The molecule has 0 unspecified atom stereocenters. The van der Waals surface area contributed by atoms with E-state index in [-0.39, 0.29) is 5.60 Å². The van der Waals surface area contributed by atoms with Crippen LogP contribution in [0.5, 0.6) is 0 Å². The summed E-state index contributed by atoms with van der Waals surface area (Å²) in [5, 5.41) is 0. The van der Waals surface area contributed by atoms with Gasteiger partial charge in [0.2, 0.25) is 0 Å². The quantitative estimate of drug-likeness (QED) is 0.585. The predicted molar refractivity (Wildman–Crippen MR) is 36.7 cm³/mol. The van der Waals surface area contributed by atoms with E-state index in [1.165, 1.54) is 12.8 Å². The third kappa shape index (κ3) is 2.33. The van der Waals surface area contributed by atoms with Crippen molar-refractivity contribution in [3.63, 3.8) is 0 Å². The molecule has 0 aromatic carbocycles. The molecule has 0 aromatic rings.